The number of carbonyl (C=O) groups excluding carboxylic acids is 2. The van der Waals surface area contributed by atoms with Crippen LogP contribution in [0.1, 0.15) is 41.6 Å². The van der Waals surface area contributed by atoms with Crippen LogP contribution in [0.4, 0.5) is 0 Å². The highest BCUT2D eigenvalue weighted by Gasteiger charge is 2.50. The molecule has 3 atom stereocenters. The molecule has 0 aromatic heterocycles. The van der Waals surface area contributed by atoms with Crippen molar-refractivity contribution in [2.75, 3.05) is 20.0 Å². The Labute approximate surface area is 145 Å². The standard InChI is InChI=1S/C17H22N2O4S/c1-5-9(2)18-15(20)11-8-24-17-10-6-7-12(22-3)14(23-4)13(10)16(21)19(11)17/h6-7,9,11,17H,5,8H2,1-4H3,(H,18,20). The van der Waals surface area contributed by atoms with Crippen molar-refractivity contribution in [1.82, 2.24) is 10.2 Å². The number of benzene rings is 1. The molecule has 0 saturated carbocycles. The first kappa shape index (κ1) is 17.0. The number of rotatable bonds is 5. The third kappa shape index (κ3) is 2.51. The number of amides is 2. The first-order valence-corrected chi connectivity index (χ1v) is 9.07. The minimum atomic E-state index is -0.454. The molecule has 24 heavy (non-hydrogen) atoms. The van der Waals surface area contributed by atoms with E-state index in [4.69, 9.17) is 9.47 Å². The van der Waals surface area contributed by atoms with Gasteiger partial charge in [0, 0.05) is 17.4 Å². The first-order valence-electron chi connectivity index (χ1n) is 8.03. The number of nitrogens with zero attached hydrogens (tertiary/aromatic N) is 1. The summed E-state index contributed by atoms with van der Waals surface area (Å²) in [5.41, 5.74) is 1.40. The second-order valence-corrected chi connectivity index (χ2v) is 7.11. The van der Waals surface area contributed by atoms with E-state index in [2.05, 4.69) is 5.32 Å². The molecule has 1 aromatic rings. The van der Waals surface area contributed by atoms with Crippen molar-refractivity contribution in [2.24, 2.45) is 0 Å². The SMILES string of the molecule is CCC(C)NC(=O)C1CSC2c3ccc(OC)c(OC)c3C(=O)N12. The van der Waals surface area contributed by atoms with E-state index in [-0.39, 0.29) is 23.2 Å². The highest BCUT2D eigenvalue weighted by atomic mass is 32.2. The van der Waals surface area contributed by atoms with Crippen LogP contribution in [0.5, 0.6) is 11.5 Å². The van der Waals surface area contributed by atoms with Crippen LogP contribution in [0.25, 0.3) is 0 Å². The van der Waals surface area contributed by atoms with Gasteiger partial charge in [0.05, 0.1) is 19.8 Å². The normalized spacial score (nSPS) is 22.8. The fraction of sp³-hybridized carbons (Fsp3) is 0.529. The van der Waals surface area contributed by atoms with Gasteiger partial charge >= 0.3 is 0 Å². The monoisotopic (exact) mass is 350 g/mol. The van der Waals surface area contributed by atoms with Crippen molar-refractivity contribution in [2.45, 2.75) is 37.7 Å². The maximum absolute atomic E-state index is 13.0. The molecule has 3 rings (SSSR count). The Morgan fingerprint density at radius 1 is 1.42 bits per heavy atom. The van der Waals surface area contributed by atoms with Gasteiger partial charge in [-0.2, -0.15) is 0 Å². The van der Waals surface area contributed by atoms with Gasteiger partial charge in [-0.25, -0.2) is 0 Å². The summed E-state index contributed by atoms with van der Waals surface area (Å²) in [7, 11) is 3.07. The molecule has 2 amide bonds. The maximum Gasteiger partial charge on any atom is 0.260 e. The maximum atomic E-state index is 13.0. The van der Waals surface area contributed by atoms with Gasteiger partial charge in [-0.1, -0.05) is 13.0 Å². The number of fused-ring (bicyclic) bond motifs is 3. The molecule has 2 aliphatic rings. The van der Waals surface area contributed by atoms with Gasteiger partial charge in [0.15, 0.2) is 11.5 Å². The molecule has 1 saturated heterocycles. The highest BCUT2D eigenvalue weighted by molar-refractivity contribution is 7.99. The predicted molar refractivity (Wildman–Crippen MR) is 92.6 cm³/mol. The molecular weight excluding hydrogens is 328 g/mol. The molecule has 130 valence electrons. The zero-order chi connectivity index (χ0) is 17.4. The van der Waals surface area contributed by atoms with E-state index in [9.17, 15) is 9.59 Å². The van der Waals surface area contributed by atoms with Crippen LogP contribution in [0.2, 0.25) is 0 Å². The van der Waals surface area contributed by atoms with E-state index < -0.39 is 6.04 Å². The third-order valence-electron chi connectivity index (χ3n) is 4.60. The van der Waals surface area contributed by atoms with Crippen molar-refractivity contribution in [1.29, 1.82) is 0 Å². The number of hydrogen-bond acceptors (Lipinski definition) is 5. The number of nitrogens with one attached hydrogen (secondary N) is 1. The molecule has 0 aliphatic carbocycles. The van der Waals surface area contributed by atoms with Gasteiger partial charge in [0.1, 0.15) is 11.4 Å². The lowest BCUT2D eigenvalue weighted by molar-refractivity contribution is -0.125. The molecule has 3 unspecified atom stereocenters. The summed E-state index contributed by atoms with van der Waals surface area (Å²) in [4.78, 5) is 27.2. The summed E-state index contributed by atoms with van der Waals surface area (Å²) >= 11 is 1.61. The van der Waals surface area contributed by atoms with Gasteiger partial charge in [-0.3, -0.25) is 9.59 Å². The second kappa shape index (κ2) is 6.55. The summed E-state index contributed by atoms with van der Waals surface area (Å²) in [5.74, 6) is 1.31. The Kier molecular flexibility index (Phi) is 4.62. The summed E-state index contributed by atoms with van der Waals surface area (Å²) in [6.45, 7) is 3.98. The number of carbonyl (C=O) groups is 2. The van der Waals surface area contributed by atoms with Crippen LogP contribution in [0.3, 0.4) is 0 Å². The van der Waals surface area contributed by atoms with E-state index in [0.717, 1.165) is 12.0 Å². The minimum Gasteiger partial charge on any atom is -0.493 e. The van der Waals surface area contributed by atoms with Crippen LogP contribution in [0, 0.1) is 0 Å². The predicted octanol–water partition coefficient (Wildman–Crippen LogP) is 2.19. The summed E-state index contributed by atoms with van der Waals surface area (Å²) in [6, 6.07) is 3.34. The molecule has 0 bridgehead atoms. The quantitative estimate of drug-likeness (QED) is 0.882. The van der Waals surface area contributed by atoms with Gasteiger partial charge in [-0.05, 0) is 19.4 Å². The van der Waals surface area contributed by atoms with E-state index >= 15 is 0 Å². The Morgan fingerprint density at radius 2 is 2.17 bits per heavy atom. The molecule has 7 heteroatoms. The van der Waals surface area contributed by atoms with E-state index in [1.165, 1.54) is 7.11 Å². The molecule has 2 aliphatic heterocycles. The van der Waals surface area contributed by atoms with Crippen LogP contribution >= 0.6 is 11.8 Å². The Hall–Kier alpha value is -1.89. The van der Waals surface area contributed by atoms with Gasteiger partial charge < -0.3 is 19.7 Å². The molecule has 2 heterocycles. The molecule has 1 aromatic carbocycles. The topological polar surface area (TPSA) is 67.9 Å². The van der Waals surface area contributed by atoms with Crippen LogP contribution < -0.4 is 14.8 Å². The molecular formula is C17H22N2O4S. The summed E-state index contributed by atoms with van der Waals surface area (Å²) in [6.07, 6.45) is 0.855. The van der Waals surface area contributed by atoms with Crippen LogP contribution in [0.15, 0.2) is 12.1 Å². The lowest BCUT2D eigenvalue weighted by atomic mass is 10.1. The van der Waals surface area contributed by atoms with Crippen molar-refractivity contribution in [3.8, 4) is 11.5 Å². The van der Waals surface area contributed by atoms with E-state index in [1.54, 1.807) is 23.8 Å². The Morgan fingerprint density at radius 3 is 2.79 bits per heavy atom. The summed E-state index contributed by atoms with van der Waals surface area (Å²) < 4.78 is 10.7. The molecule has 1 fully saturated rings. The van der Waals surface area contributed by atoms with Gasteiger partial charge in [0.25, 0.3) is 5.91 Å². The number of methoxy groups -OCH3 is 2. The van der Waals surface area contributed by atoms with E-state index in [1.807, 2.05) is 26.0 Å². The lowest BCUT2D eigenvalue weighted by Crippen LogP contribution is -2.48. The third-order valence-corrected chi connectivity index (χ3v) is 5.90. The molecule has 0 spiro atoms. The Balaban J connectivity index is 1.93. The largest absolute Gasteiger partial charge is 0.493 e. The second-order valence-electron chi connectivity index (χ2n) is 6.00. The van der Waals surface area contributed by atoms with Gasteiger partial charge in [-0.15, -0.1) is 11.8 Å². The minimum absolute atomic E-state index is 0.0913. The number of ether oxygens (including phenoxy) is 2. The smallest absolute Gasteiger partial charge is 0.260 e. The van der Waals surface area contributed by atoms with Crippen molar-refractivity contribution in [3.63, 3.8) is 0 Å². The molecule has 1 N–H and O–H groups in total. The first-order chi connectivity index (χ1) is 11.5. The zero-order valence-electron chi connectivity index (χ0n) is 14.3. The van der Waals surface area contributed by atoms with Crippen molar-refractivity contribution in [3.05, 3.63) is 23.3 Å². The summed E-state index contributed by atoms with van der Waals surface area (Å²) in [5, 5.41) is 2.84. The van der Waals surface area contributed by atoms with Crippen LogP contribution in [-0.4, -0.2) is 48.8 Å². The average molecular weight is 350 g/mol. The fourth-order valence-electron chi connectivity index (χ4n) is 3.13. The molecule has 0 radical (unpaired) electrons. The van der Waals surface area contributed by atoms with Crippen molar-refractivity contribution >= 4 is 23.6 Å². The zero-order valence-corrected chi connectivity index (χ0v) is 15.1. The lowest BCUT2D eigenvalue weighted by Gasteiger charge is -2.24. The number of thioether (sulfide) groups is 1. The Bertz CT molecular complexity index is 679. The van der Waals surface area contributed by atoms with Gasteiger partial charge in [0.2, 0.25) is 5.91 Å². The van der Waals surface area contributed by atoms with Crippen molar-refractivity contribution < 1.29 is 19.1 Å². The fourth-order valence-corrected chi connectivity index (χ4v) is 4.59. The highest BCUT2D eigenvalue weighted by Crippen LogP contribution is 2.52. The van der Waals surface area contributed by atoms with Crippen LogP contribution in [-0.2, 0) is 4.79 Å². The van der Waals surface area contributed by atoms with E-state index in [0.29, 0.717) is 22.8 Å². The molecule has 6 nitrogen and oxygen atoms in total. The number of hydrogen-bond donors (Lipinski definition) is 1. The average Bonchev–Trinajstić information content (AvgIpc) is 3.14.